The van der Waals surface area contributed by atoms with Crippen molar-refractivity contribution in [2.45, 2.75) is 46.0 Å². The highest BCUT2D eigenvalue weighted by atomic mass is 79.9. The van der Waals surface area contributed by atoms with Crippen molar-refractivity contribution in [3.05, 3.63) is 52.1 Å². The molecule has 0 aliphatic carbocycles. The smallest absolute Gasteiger partial charge is 0.220 e. The lowest BCUT2D eigenvalue weighted by molar-refractivity contribution is 0.402. The number of aromatic hydroxyl groups is 1. The second-order valence-corrected chi connectivity index (χ2v) is 8.31. The van der Waals surface area contributed by atoms with E-state index in [1.165, 1.54) is 19.3 Å². The van der Waals surface area contributed by atoms with Crippen LogP contribution in [0.4, 0.5) is 5.95 Å². The van der Waals surface area contributed by atoms with Crippen LogP contribution in [0.15, 0.2) is 40.9 Å². The molecule has 0 saturated carbocycles. The van der Waals surface area contributed by atoms with Crippen molar-refractivity contribution in [2.24, 2.45) is 0 Å². The van der Waals surface area contributed by atoms with Crippen molar-refractivity contribution in [3.8, 4) is 33.9 Å². The number of nitrogens with two attached hydrogens (primary N) is 1. The van der Waals surface area contributed by atoms with Crippen molar-refractivity contribution in [1.29, 1.82) is 0 Å². The van der Waals surface area contributed by atoms with E-state index in [-0.39, 0.29) is 11.7 Å². The van der Waals surface area contributed by atoms with E-state index in [1.807, 2.05) is 37.3 Å². The van der Waals surface area contributed by atoms with Gasteiger partial charge in [-0.05, 0) is 49.1 Å². The molecule has 0 amide bonds. The number of phenols is 1. The monoisotopic (exact) mass is 469 g/mol. The first-order valence-corrected chi connectivity index (χ1v) is 11.0. The van der Waals surface area contributed by atoms with Gasteiger partial charge in [0, 0.05) is 21.7 Å². The summed E-state index contributed by atoms with van der Waals surface area (Å²) in [6.07, 6.45) is 5.51. The molecular weight excluding hydrogens is 442 g/mol. The molecule has 0 unspecified atom stereocenters. The summed E-state index contributed by atoms with van der Waals surface area (Å²) in [4.78, 5) is 8.89. The Morgan fingerprint density at radius 2 is 1.80 bits per heavy atom. The number of rotatable bonds is 8. The first-order valence-electron chi connectivity index (χ1n) is 10.2. The summed E-state index contributed by atoms with van der Waals surface area (Å²) in [5.41, 5.74) is 10.9. The number of nitrogens with zero attached hydrogens (tertiary/aromatic N) is 2. The Balaban J connectivity index is 2.13. The quantitative estimate of drug-likeness (QED) is 0.378. The molecule has 0 atom stereocenters. The van der Waals surface area contributed by atoms with Gasteiger partial charge in [-0.1, -0.05) is 54.2 Å². The highest BCUT2D eigenvalue weighted by molar-refractivity contribution is 9.10. The number of hydrogen-bond donors (Lipinski definition) is 2. The highest BCUT2D eigenvalue weighted by Crippen LogP contribution is 2.41. The molecule has 3 aromatic rings. The number of halogens is 1. The van der Waals surface area contributed by atoms with Gasteiger partial charge in [-0.25, -0.2) is 9.97 Å². The van der Waals surface area contributed by atoms with E-state index in [0.29, 0.717) is 17.0 Å². The molecule has 6 heteroatoms. The minimum atomic E-state index is 0.111. The van der Waals surface area contributed by atoms with Gasteiger partial charge >= 0.3 is 0 Å². The normalized spacial score (nSPS) is 10.9. The Labute approximate surface area is 186 Å². The Bertz CT molecular complexity index is 1020. The molecule has 0 radical (unpaired) electrons. The minimum Gasteiger partial charge on any atom is -0.507 e. The predicted molar refractivity (Wildman–Crippen MR) is 126 cm³/mol. The fourth-order valence-electron chi connectivity index (χ4n) is 3.68. The predicted octanol–water partition coefficient (Wildman–Crippen LogP) is 6.30. The third kappa shape index (κ3) is 4.93. The molecule has 0 saturated heterocycles. The van der Waals surface area contributed by atoms with E-state index in [0.717, 1.165) is 39.7 Å². The third-order valence-electron chi connectivity index (χ3n) is 5.19. The molecule has 1 aromatic heterocycles. The first-order chi connectivity index (χ1) is 14.4. The Kier molecular flexibility index (Phi) is 7.32. The van der Waals surface area contributed by atoms with Crippen molar-refractivity contribution in [3.63, 3.8) is 0 Å². The second-order valence-electron chi connectivity index (χ2n) is 7.39. The van der Waals surface area contributed by atoms with E-state index in [2.05, 4.69) is 32.8 Å². The van der Waals surface area contributed by atoms with Gasteiger partial charge in [0.1, 0.15) is 11.5 Å². The Morgan fingerprint density at radius 1 is 1.07 bits per heavy atom. The summed E-state index contributed by atoms with van der Waals surface area (Å²) >= 11 is 3.48. The molecule has 0 spiro atoms. The highest BCUT2D eigenvalue weighted by Gasteiger charge is 2.19. The molecule has 30 heavy (non-hydrogen) atoms. The number of aromatic nitrogens is 2. The molecule has 158 valence electrons. The largest absolute Gasteiger partial charge is 0.507 e. The molecule has 0 aliphatic rings. The summed E-state index contributed by atoms with van der Waals surface area (Å²) in [7, 11) is 1.63. The zero-order chi connectivity index (χ0) is 21.7. The lowest BCUT2D eigenvalue weighted by Gasteiger charge is -2.17. The molecular formula is C24H28BrN3O2. The minimum absolute atomic E-state index is 0.111. The number of unbranched alkanes of at least 4 members (excludes halogenated alkanes) is 3. The number of aryl methyl sites for hydroxylation is 2. The van der Waals surface area contributed by atoms with Gasteiger partial charge in [0.15, 0.2) is 0 Å². The first kappa shape index (κ1) is 22.1. The molecule has 1 heterocycles. The molecule has 2 aromatic carbocycles. The summed E-state index contributed by atoms with van der Waals surface area (Å²) in [5, 5.41) is 10.8. The van der Waals surface area contributed by atoms with E-state index in [1.54, 1.807) is 13.2 Å². The number of hydrogen-bond acceptors (Lipinski definition) is 5. The van der Waals surface area contributed by atoms with Crippen molar-refractivity contribution in [1.82, 2.24) is 9.97 Å². The van der Waals surface area contributed by atoms with Gasteiger partial charge in [-0.15, -0.1) is 0 Å². The maximum Gasteiger partial charge on any atom is 0.220 e. The van der Waals surface area contributed by atoms with Crippen LogP contribution < -0.4 is 10.5 Å². The summed E-state index contributed by atoms with van der Waals surface area (Å²) in [6, 6.07) is 11.6. The van der Waals surface area contributed by atoms with Crippen LogP contribution in [0, 0.1) is 6.92 Å². The van der Waals surface area contributed by atoms with Crippen molar-refractivity contribution < 1.29 is 9.84 Å². The lowest BCUT2D eigenvalue weighted by atomic mass is 9.94. The number of benzene rings is 2. The second kappa shape index (κ2) is 9.94. The maximum absolute atomic E-state index is 10.8. The fraction of sp³-hybridized carbons (Fsp3) is 0.333. The zero-order valence-electron chi connectivity index (χ0n) is 17.7. The van der Waals surface area contributed by atoms with Gasteiger partial charge in [-0.2, -0.15) is 0 Å². The van der Waals surface area contributed by atoms with Crippen LogP contribution >= 0.6 is 15.9 Å². The van der Waals surface area contributed by atoms with E-state index in [9.17, 15) is 5.11 Å². The summed E-state index contributed by atoms with van der Waals surface area (Å²) in [6.45, 7) is 4.11. The molecule has 3 rings (SSSR count). The third-order valence-corrected chi connectivity index (χ3v) is 5.72. The van der Waals surface area contributed by atoms with Crippen LogP contribution in [-0.4, -0.2) is 22.2 Å². The molecule has 5 nitrogen and oxygen atoms in total. The van der Waals surface area contributed by atoms with E-state index in [4.69, 9.17) is 10.5 Å². The van der Waals surface area contributed by atoms with Gasteiger partial charge in [-0.3, -0.25) is 0 Å². The zero-order valence-corrected chi connectivity index (χ0v) is 19.3. The van der Waals surface area contributed by atoms with Gasteiger partial charge < -0.3 is 15.6 Å². The van der Waals surface area contributed by atoms with Crippen LogP contribution in [0.2, 0.25) is 0 Å². The molecule has 0 aliphatic heterocycles. The lowest BCUT2D eigenvalue weighted by Crippen LogP contribution is -2.03. The van der Waals surface area contributed by atoms with Crippen LogP contribution in [0.3, 0.4) is 0 Å². The van der Waals surface area contributed by atoms with Crippen LogP contribution in [0.1, 0.15) is 43.9 Å². The van der Waals surface area contributed by atoms with Gasteiger partial charge in [0.25, 0.3) is 0 Å². The molecule has 3 N–H and O–H groups in total. The number of anilines is 1. The average Bonchev–Trinajstić information content (AvgIpc) is 2.72. The summed E-state index contributed by atoms with van der Waals surface area (Å²) in [5.74, 6) is 0.986. The number of nitrogen functional groups attached to an aromatic ring is 1. The van der Waals surface area contributed by atoms with Gasteiger partial charge in [0.05, 0.1) is 18.5 Å². The Morgan fingerprint density at radius 3 is 2.47 bits per heavy atom. The Hall–Kier alpha value is -2.60. The standard InChI is InChI=1S/C24H28BrN3O2/c1-4-5-6-7-8-17-13-19(20(29)14-21(17)30-3)23-22(15(2)27-24(26)28-23)16-9-11-18(25)12-10-16/h9-14,29H,4-8H2,1-3H3,(H2,26,27,28). The van der Waals surface area contributed by atoms with Crippen molar-refractivity contribution >= 4 is 21.9 Å². The van der Waals surface area contributed by atoms with E-state index >= 15 is 0 Å². The molecule has 0 fully saturated rings. The SMILES string of the molecule is CCCCCCc1cc(-c2nc(N)nc(C)c2-c2ccc(Br)cc2)c(O)cc1OC. The van der Waals surface area contributed by atoms with Crippen LogP contribution in [0.25, 0.3) is 22.4 Å². The number of ether oxygens (including phenoxy) is 1. The number of phenolic OH excluding ortho intramolecular Hbond substituents is 1. The van der Waals surface area contributed by atoms with Crippen LogP contribution in [-0.2, 0) is 6.42 Å². The van der Waals surface area contributed by atoms with Crippen LogP contribution in [0.5, 0.6) is 11.5 Å². The average molecular weight is 470 g/mol. The van der Waals surface area contributed by atoms with Gasteiger partial charge in [0.2, 0.25) is 5.95 Å². The molecule has 0 bridgehead atoms. The van der Waals surface area contributed by atoms with E-state index < -0.39 is 0 Å². The number of methoxy groups -OCH3 is 1. The fourth-order valence-corrected chi connectivity index (χ4v) is 3.95. The maximum atomic E-state index is 10.8. The summed E-state index contributed by atoms with van der Waals surface area (Å²) < 4.78 is 6.52. The van der Waals surface area contributed by atoms with Crippen molar-refractivity contribution in [2.75, 3.05) is 12.8 Å². The topological polar surface area (TPSA) is 81.3 Å².